The van der Waals surface area contributed by atoms with Gasteiger partial charge < -0.3 is 20.3 Å². The van der Waals surface area contributed by atoms with Gasteiger partial charge in [-0.2, -0.15) is 4.98 Å². The monoisotopic (exact) mass is 304 g/mol. The van der Waals surface area contributed by atoms with E-state index in [1.165, 1.54) is 0 Å². The van der Waals surface area contributed by atoms with Crippen LogP contribution in [-0.2, 0) is 0 Å². The molecule has 0 spiro atoms. The van der Waals surface area contributed by atoms with Gasteiger partial charge >= 0.3 is 6.03 Å². The van der Waals surface area contributed by atoms with Crippen LogP contribution in [0.1, 0.15) is 25.7 Å². The van der Waals surface area contributed by atoms with E-state index in [4.69, 9.17) is 4.52 Å². The minimum absolute atomic E-state index is 0.226. The number of hydrogen-bond donors (Lipinski definition) is 3. The number of urea groups is 1. The summed E-state index contributed by atoms with van der Waals surface area (Å²) in [6.45, 7) is 3.92. The number of nitrogens with zero attached hydrogens (tertiary/aromatic N) is 2. The fourth-order valence-electron chi connectivity index (χ4n) is 1.97. The predicted octanol–water partition coefficient (Wildman–Crippen LogP) is 2.33. The van der Waals surface area contributed by atoms with Gasteiger partial charge in [-0.05, 0) is 18.6 Å². The number of carbonyl (C=O) groups excluding carboxylic acids is 1. The van der Waals surface area contributed by atoms with Gasteiger partial charge in [0.25, 0.3) is 0 Å². The summed E-state index contributed by atoms with van der Waals surface area (Å²) >= 11 is 0. The molecule has 3 N–H and O–H groups in total. The number of aliphatic hydroxyl groups excluding tert-OH is 1. The molecule has 7 heteroatoms. The molecular formula is C15H20N4O3. The predicted molar refractivity (Wildman–Crippen MR) is 82.4 cm³/mol. The lowest BCUT2D eigenvalue weighted by atomic mass is 10.2. The normalized spacial score (nSPS) is 12.0. The molecule has 0 saturated carbocycles. The molecule has 1 heterocycles. The van der Waals surface area contributed by atoms with Crippen molar-refractivity contribution >= 4 is 11.7 Å². The molecule has 0 aliphatic rings. The topological polar surface area (TPSA) is 100 Å². The Hall–Kier alpha value is -2.41. The van der Waals surface area contributed by atoms with Crippen LogP contribution in [0.15, 0.2) is 28.8 Å². The second-order valence-electron chi connectivity index (χ2n) is 5.00. The highest BCUT2D eigenvalue weighted by Gasteiger charge is 2.09. The molecule has 1 unspecified atom stereocenters. The average Bonchev–Trinajstić information content (AvgIpc) is 2.92. The summed E-state index contributed by atoms with van der Waals surface area (Å²) in [6, 6.07) is 6.78. The van der Waals surface area contributed by atoms with Gasteiger partial charge in [0.05, 0.1) is 6.10 Å². The number of hydrogen-bond acceptors (Lipinski definition) is 5. The van der Waals surface area contributed by atoms with Crippen LogP contribution in [0.2, 0.25) is 0 Å². The first-order valence-corrected chi connectivity index (χ1v) is 7.22. The Labute approximate surface area is 128 Å². The fourth-order valence-corrected chi connectivity index (χ4v) is 1.97. The van der Waals surface area contributed by atoms with Crippen LogP contribution in [0.25, 0.3) is 11.4 Å². The van der Waals surface area contributed by atoms with Gasteiger partial charge in [0.15, 0.2) is 0 Å². The third-order valence-corrected chi connectivity index (χ3v) is 3.03. The van der Waals surface area contributed by atoms with Crippen molar-refractivity contribution in [1.82, 2.24) is 15.5 Å². The molecule has 0 bridgehead atoms. The van der Waals surface area contributed by atoms with Crippen LogP contribution in [0.4, 0.5) is 10.5 Å². The van der Waals surface area contributed by atoms with Crippen LogP contribution < -0.4 is 10.6 Å². The largest absolute Gasteiger partial charge is 0.391 e. The summed E-state index contributed by atoms with van der Waals surface area (Å²) in [5.74, 6) is 0.955. The maximum absolute atomic E-state index is 11.8. The molecular weight excluding hydrogens is 284 g/mol. The van der Waals surface area contributed by atoms with E-state index in [2.05, 4.69) is 20.8 Å². The Balaban J connectivity index is 1.94. The first-order chi connectivity index (χ1) is 10.6. The zero-order valence-corrected chi connectivity index (χ0v) is 12.7. The molecule has 7 nitrogen and oxygen atoms in total. The zero-order valence-electron chi connectivity index (χ0n) is 12.7. The number of nitrogens with one attached hydrogen (secondary N) is 2. The molecule has 22 heavy (non-hydrogen) atoms. The van der Waals surface area contributed by atoms with Crippen LogP contribution >= 0.6 is 0 Å². The van der Waals surface area contributed by atoms with Gasteiger partial charge in [0.1, 0.15) is 0 Å². The Kier molecular flexibility index (Phi) is 5.48. The average molecular weight is 304 g/mol. The fraction of sp³-hybridized carbons (Fsp3) is 0.400. The standard InChI is InChI=1S/C15H20N4O3/c1-3-5-13(20)9-16-15(21)18-12-7-4-6-11(8-12)14-17-10(2)22-19-14/h4,6-8,13,20H,3,5,9H2,1-2H3,(H2,16,18,21). The van der Waals surface area contributed by atoms with Gasteiger partial charge in [-0.25, -0.2) is 4.79 Å². The maximum Gasteiger partial charge on any atom is 0.319 e. The SMILES string of the molecule is CCCC(O)CNC(=O)Nc1cccc(-c2noc(C)n2)c1. The van der Waals surface area contributed by atoms with Crippen molar-refractivity contribution in [2.45, 2.75) is 32.8 Å². The summed E-state index contributed by atoms with van der Waals surface area (Å²) in [7, 11) is 0. The number of anilines is 1. The van der Waals surface area contributed by atoms with E-state index in [1.807, 2.05) is 13.0 Å². The van der Waals surface area contributed by atoms with Crippen molar-refractivity contribution in [2.75, 3.05) is 11.9 Å². The van der Waals surface area contributed by atoms with Crippen LogP contribution in [0.3, 0.4) is 0 Å². The van der Waals surface area contributed by atoms with Crippen LogP contribution in [0, 0.1) is 6.92 Å². The third kappa shape index (κ3) is 4.56. The molecule has 1 atom stereocenters. The molecule has 2 rings (SSSR count). The molecule has 0 fully saturated rings. The first kappa shape index (κ1) is 16.0. The highest BCUT2D eigenvalue weighted by molar-refractivity contribution is 5.89. The van der Waals surface area contributed by atoms with E-state index >= 15 is 0 Å². The molecule has 118 valence electrons. The maximum atomic E-state index is 11.8. The molecule has 2 amide bonds. The van der Waals surface area contributed by atoms with Gasteiger partial charge in [0, 0.05) is 24.7 Å². The lowest BCUT2D eigenvalue weighted by Crippen LogP contribution is -2.35. The Bertz CT molecular complexity index is 627. The van der Waals surface area contributed by atoms with Crippen LogP contribution in [-0.4, -0.2) is 33.9 Å². The molecule has 1 aromatic carbocycles. The number of aliphatic hydroxyl groups is 1. The number of aromatic nitrogens is 2. The van der Waals surface area contributed by atoms with Crippen molar-refractivity contribution in [3.63, 3.8) is 0 Å². The smallest absolute Gasteiger partial charge is 0.319 e. The second-order valence-corrected chi connectivity index (χ2v) is 5.00. The van der Waals surface area contributed by atoms with Crippen molar-refractivity contribution in [3.8, 4) is 11.4 Å². The van der Waals surface area contributed by atoms with Gasteiger partial charge in [-0.1, -0.05) is 30.6 Å². The Morgan fingerprint density at radius 2 is 2.27 bits per heavy atom. The summed E-state index contributed by atoms with van der Waals surface area (Å²) in [6.07, 6.45) is 1.01. The quantitative estimate of drug-likeness (QED) is 0.760. The van der Waals surface area contributed by atoms with Crippen molar-refractivity contribution in [1.29, 1.82) is 0 Å². The van der Waals surface area contributed by atoms with Crippen LogP contribution in [0.5, 0.6) is 0 Å². The lowest BCUT2D eigenvalue weighted by Gasteiger charge is -2.12. The number of carbonyl (C=O) groups is 1. The summed E-state index contributed by atoms with van der Waals surface area (Å²) < 4.78 is 4.94. The Morgan fingerprint density at radius 3 is 2.95 bits per heavy atom. The highest BCUT2D eigenvalue weighted by Crippen LogP contribution is 2.19. The summed E-state index contributed by atoms with van der Waals surface area (Å²) in [4.78, 5) is 15.9. The second kappa shape index (κ2) is 7.56. The Morgan fingerprint density at radius 1 is 1.45 bits per heavy atom. The van der Waals surface area contributed by atoms with Crippen molar-refractivity contribution < 1.29 is 14.4 Å². The van der Waals surface area contributed by atoms with Gasteiger partial charge in [-0.3, -0.25) is 0 Å². The van der Waals surface area contributed by atoms with E-state index in [0.717, 1.165) is 12.0 Å². The lowest BCUT2D eigenvalue weighted by molar-refractivity contribution is 0.162. The summed E-state index contributed by atoms with van der Waals surface area (Å²) in [5.41, 5.74) is 1.36. The van der Waals surface area contributed by atoms with E-state index in [1.54, 1.807) is 25.1 Å². The van der Waals surface area contributed by atoms with E-state index in [0.29, 0.717) is 23.8 Å². The molecule has 0 saturated heterocycles. The van der Waals surface area contributed by atoms with Gasteiger partial charge in [-0.15, -0.1) is 0 Å². The minimum Gasteiger partial charge on any atom is -0.391 e. The van der Waals surface area contributed by atoms with E-state index in [9.17, 15) is 9.90 Å². The molecule has 0 aliphatic carbocycles. The number of aryl methyl sites for hydroxylation is 1. The highest BCUT2D eigenvalue weighted by atomic mass is 16.5. The van der Waals surface area contributed by atoms with Crippen molar-refractivity contribution in [3.05, 3.63) is 30.2 Å². The number of rotatable bonds is 6. The molecule has 2 aromatic rings. The number of benzene rings is 1. The van der Waals surface area contributed by atoms with E-state index in [-0.39, 0.29) is 12.6 Å². The summed E-state index contributed by atoms with van der Waals surface area (Å²) in [5, 5.41) is 18.8. The van der Waals surface area contributed by atoms with Gasteiger partial charge in [0.2, 0.25) is 11.7 Å². The molecule has 0 radical (unpaired) electrons. The minimum atomic E-state index is -0.524. The number of amides is 2. The molecule has 1 aromatic heterocycles. The first-order valence-electron chi connectivity index (χ1n) is 7.22. The molecule has 0 aliphatic heterocycles. The van der Waals surface area contributed by atoms with Crippen molar-refractivity contribution in [2.24, 2.45) is 0 Å². The zero-order chi connectivity index (χ0) is 15.9. The van der Waals surface area contributed by atoms with E-state index < -0.39 is 6.10 Å². The third-order valence-electron chi connectivity index (χ3n) is 3.03.